The Morgan fingerprint density at radius 2 is 0.800 bits per heavy atom. The van der Waals surface area contributed by atoms with Gasteiger partial charge in [0.15, 0.2) is 0 Å². The van der Waals surface area contributed by atoms with Crippen LogP contribution in [0.1, 0.15) is 143 Å². The van der Waals surface area contributed by atoms with Crippen molar-refractivity contribution in [2.75, 3.05) is 0 Å². The molecule has 0 saturated carbocycles. The Balaban J connectivity index is 3.63. The van der Waals surface area contributed by atoms with Crippen molar-refractivity contribution in [1.29, 1.82) is 0 Å². The molecule has 0 radical (unpaired) electrons. The largest absolute Gasteiger partial charge is 0.0856 e. The molecule has 0 nitrogen and oxygen atoms in total. The fourth-order valence-corrected chi connectivity index (χ4v) is 4.34. The van der Waals surface area contributed by atoms with E-state index in [1.807, 2.05) is 0 Å². The predicted octanol–water partition coefficient (Wildman–Crippen LogP) is 9.84. The smallest absolute Gasteiger partial charge is 0.0229 e. The Morgan fingerprint density at radius 3 is 1.08 bits per heavy atom. The van der Waals surface area contributed by atoms with E-state index >= 15 is 0 Å². The van der Waals surface area contributed by atoms with E-state index in [2.05, 4.69) is 43.6 Å². The molecule has 0 aliphatic heterocycles. The minimum atomic E-state index is 0.315. The molecule has 0 aromatic heterocycles. The molecule has 0 aliphatic rings. The first-order valence-corrected chi connectivity index (χ1v) is 12.5. The summed E-state index contributed by atoms with van der Waals surface area (Å²) in [6.45, 7) is 9.36. The fraction of sp³-hybridized carbons (Fsp3) is 1.00. The van der Waals surface area contributed by atoms with Gasteiger partial charge in [0.05, 0.1) is 0 Å². The summed E-state index contributed by atoms with van der Waals surface area (Å²) in [7, 11) is 0. The fourth-order valence-electron chi connectivity index (χ4n) is 3.88. The van der Waals surface area contributed by atoms with E-state index in [1.54, 1.807) is 0 Å². The van der Waals surface area contributed by atoms with Crippen LogP contribution in [0.2, 0.25) is 0 Å². The summed E-state index contributed by atoms with van der Waals surface area (Å²) in [5, 5.41) is 0. The Hall–Kier alpha value is 0.480. The lowest BCUT2D eigenvalue weighted by molar-refractivity contribution is 0.345. The predicted molar refractivity (Wildman–Crippen MR) is 121 cm³/mol. The molecule has 0 fully saturated rings. The van der Waals surface area contributed by atoms with Gasteiger partial charge in [0.2, 0.25) is 0 Å². The molecule has 1 heteroatoms. The molecule has 0 saturated heterocycles. The summed E-state index contributed by atoms with van der Waals surface area (Å²) in [6.07, 6.45) is 25.8. The zero-order valence-electron chi connectivity index (χ0n) is 18.2. The highest BCUT2D eigenvalue weighted by atomic mass is 79.9. The average molecular weight is 418 g/mol. The van der Waals surface area contributed by atoms with E-state index in [4.69, 9.17) is 0 Å². The molecule has 1 unspecified atom stereocenters. The van der Waals surface area contributed by atoms with E-state index in [0.717, 1.165) is 5.92 Å². The topological polar surface area (TPSA) is 0 Å². The van der Waals surface area contributed by atoms with E-state index in [9.17, 15) is 0 Å². The lowest BCUT2D eigenvalue weighted by Crippen LogP contribution is -2.24. The molecule has 0 amide bonds. The monoisotopic (exact) mass is 416 g/mol. The van der Waals surface area contributed by atoms with Crippen LogP contribution in [-0.2, 0) is 0 Å². The van der Waals surface area contributed by atoms with Gasteiger partial charge in [-0.15, -0.1) is 0 Å². The molecule has 152 valence electrons. The summed E-state index contributed by atoms with van der Waals surface area (Å²) in [4.78, 5) is 0. The molecule has 0 heterocycles. The van der Waals surface area contributed by atoms with Crippen molar-refractivity contribution in [3.63, 3.8) is 0 Å². The van der Waals surface area contributed by atoms with Crippen LogP contribution in [0.5, 0.6) is 0 Å². The summed E-state index contributed by atoms with van der Waals surface area (Å²) in [5.74, 6) is 0.854. The maximum absolute atomic E-state index is 3.96. The highest BCUT2D eigenvalue weighted by Gasteiger charge is 2.25. The minimum Gasteiger partial charge on any atom is -0.0856 e. The molecule has 0 spiro atoms. The van der Waals surface area contributed by atoms with Crippen molar-refractivity contribution in [1.82, 2.24) is 0 Å². The van der Waals surface area contributed by atoms with Crippen LogP contribution in [0.25, 0.3) is 0 Å². The van der Waals surface area contributed by atoms with Gasteiger partial charge in [-0.3, -0.25) is 0 Å². The van der Waals surface area contributed by atoms with Gasteiger partial charge in [0, 0.05) is 4.32 Å². The van der Waals surface area contributed by atoms with Gasteiger partial charge in [-0.05, 0) is 32.6 Å². The van der Waals surface area contributed by atoms with Crippen LogP contribution >= 0.6 is 15.9 Å². The minimum absolute atomic E-state index is 0.315. The second-order valence-corrected chi connectivity index (χ2v) is 10.8. The Morgan fingerprint density at radius 1 is 0.520 bits per heavy atom. The van der Waals surface area contributed by atoms with Gasteiger partial charge in [0.25, 0.3) is 0 Å². The van der Waals surface area contributed by atoms with Crippen molar-refractivity contribution in [3.8, 4) is 0 Å². The first kappa shape index (κ1) is 25.5. The van der Waals surface area contributed by atoms with Gasteiger partial charge < -0.3 is 0 Å². The number of halogens is 1. The van der Waals surface area contributed by atoms with Gasteiger partial charge in [-0.2, -0.15) is 0 Å². The van der Waals surface area contributed by atoms with Crippen molar-refractivity contribution in [2.24, 2.45) is 5.92 Å². The van der Waals surface area contributed by atoms with E-state index in [0.29, 0.717) is 4.32 Å². The highest BCUT2D eigenvalue weighted by molar-refractivity contribution is 9.10. The van der Waals surface area contributed by atoms with Crippen molar-refractivity contribution >= 4 is 15.9 Å². The van der Waals surface area contributed by atoms with Crippen LogP contribution in [-0.4, -0.2) is 4.32 Å². The molecule has 0 N–H and O–H groups in total. The van der Waals surface area contributed by atoms with Gasteiger partial charge >= 0.3 is 0 Å². The summed E-state index contributed by atoms with van der Waals surface area (Å²) >= 11 is 3.96. The highest BCUT2D eigenvalue weighted by Crippen LogP contribution is 2.35. The quantitative estimate of drug-likeness (QED) is 0.145. The molecule has 0 aromatic rings. The molecule has 0 aromatic carbocycles. The zero-order chi connectivity index (χ0) is 18.8. The molecular weight excluding hydrogens is 368 g/mol. The average Bonchev–Trinajstić information content (AvgIpc) is 2.56. The summed E-state index contributed by atoms with van der Waals surface area (Å²) < 4.78 is 0.315. The lowest BCUT2D eigenvalue weighted by atomic mass is 9.85. The van der Waals surface area contributed by atoms with Crippen molar-refractivity contribution < 1.29 is 0 Å². The molecule has 0 rings (SSSR count). The maximum atomic E-state index is 3.96. The number of unbranched alkanes of at least 4 members (excludes halogenated alkanes) is 14. The summed E-state index contributed by atoms with van der Waals surface area (Å²) in [6, 6.07) is 0. The number of rotatable bonds is 19. The van der Waals surface area contributed by atoms with Gasteiger partial charge in [-0.25, -0.2) is 0 Å². The molecular formula is C24H49Br. The number of hydrogen-bond acceptors (Lipinski definition) is 0. The third-order valence-corrected chi connectivity index (χ3v) is 6.43. The third kappa shape index (κ3) is 17.6. The lowest BCUT2D eigenvalue weighted by Gasteiger charge is -2.29. The Bertz CT molecular complexity index is 253. The van der Waals surface area contributed by atoms with Crippen LogP contribution < -0.4 is 0 Å². The van der Waals surface area contributed by atoms with Gasteiger partial charge in [-0.1, -0.05) is 133 Å². The van der Waals surface area contributed by atoms with Crippen LogP contribution in [0, 0.1) is 5.92 Å². The Kier molecular flexibility index (Phi) is 18.2. The first-order valence-electron chi connectivity index (χ1n) is 11.7. The number of hydrogen-bond donors (Lipinski definition) is 0. The number of alkyl halides is 1. The third-order valence-electron chi connectivity index (χ3n) is 5.78. The van der Waals surface area contributed by atoms with Crippen LogP contribution in [0.4, 0.5) is 0 Å². The summed E-state index contributed by atoms with van der Waals surface area (Å²) in [5.41, 5.74) is 0. The van der Waals surface area contributed by atoms with Crippen molar-refractivity contribution in [3.05, 3.63) is 0 Å². The van der Waals surface area contributed by atoms with E-state index in [1.165, 1.54) is 116 Å². The second kappa shape index (κ2) is 17.9. The Labute approximate surface area is 169 Å². The SMILES string of the molecule is CCCCCCCCCCCCC(CCCCCCCC)C(C)(C)Br. The normalized spacial score (nSPS) is 13.3. The second-order valence-electron chi connectivity index (χ2n) is 8.79. The zero-order valence-corrected chi connectivity index (χ0v) is 19.8. The molecule has 0 bridgehead atoms. The maximum Gasteiger partial charge on any atom is 0.0229 e. The molecule has 0 aliphatic carbocycles. The van der Waals surface area contributed by atoms with Crippen LogP contribution in [0.15, 0.2) is 0 Å². The van der Waals surface area contributed by atoms with Crippen LogP contribution in [0.3, 0.4) is 0 Å². The molecule has 25 heavy (non-hydrogen) atoms. The van der Waals surface area contributed by atoms with E-state index < -0.39 is 0 Å². The standard InChI is InChI=1S/C24H49Br/c1-5-7-9-11-13-14-15-16-18-20-22-23(24(3,4)25)21-19-17-12-10-8-6-2/h23H,5-22H2,1-4H3. The van der Waals surface area contributed by atoms with Gasteiger partial charge in [0.1, 0.15) is 0 Å². The first-order chi connectivity index (χ1) is 12.0. The molecule has 1 atom stereocenters. The van der Waals surface area contributed by atoms with Crippen molar-refractivity contribution in [2.45, 2.75) is 148 Å². The van der Waals surface area contributed by atoms with E-state index in [-0.39, 0.29) is 0 Å².